The molecule has 0 atom stereocenters. The van der Waals surface area contributed by atoms with Crippen LogP contribution in [0.2, 0.25) is 0 Å². The van der Waals surface area contributed by atoms with E-state index in [-0.39, 0.29) is 0 Å². The number of nitriles is 2. The molecule has 0 aliphatic carbocycles. The maximum absolute atomic E-state index is 13.0. The number of para-hydroxylation sites is 6. The first kappa shape index (κ1) is 47.2. The van der Waals surface area contributed by atoms with E-state index in [1.807, 2.05) is 0 Å². The number of thiophene rings is 1. The Balaban J connectivity index is 1.11. The Hall–Kier alpha value is -11.5. The van der Waals surface area contributed by atoms with Gasteiger partial charge in [0.25, 0.3) is 0 Å². The molecule has 7 heteroatoms. The van der Waals surface area contributed by atoms with E-state index < -0.39 is 0 Å². The van der Waals surface area contributed by atoms with E-state index in [9.17, 15) is 10.5 Å². The van der Waals surface area contributed by atoms with Crippen molar-refractivity contribution >= 4 is 130 Å². The third-order valence-corrected chi connectivity index (χ3v) is 19.0. The Morgan fingerprint density at radius 2 is 0.682 bits per heavy atom. The van der Waals surface area contributed by atoms with Gasteiger partial charge in [-0.15, -0.1) is 11.3 Å². The molecule has 0 radical (unpaired) electrons. The molecule has 0 aliphatic heterocycles. The zero-order valence-corrected chi connectivity index (χ0v) is 46.3. The minimum Gasteiger partial charge on any atom is -0.306 e. The van der Waals surface area contributed by atoms with E-state index in [0.717, 1.165) is 130 Å². The Bertz CT molecular complexity index is 5850. The van der Waals surface area contributed by atoms with E-state index in [4.69, 9.17) is 0 Å². The van der Waals surface area contributed by atoms with Crippen molar-refractivity contribution in [1.82, 2.24) is 18.3 Å². The number of nitrogens with zero attached hydrogens (tertiary/aromatic N) is 6. The molecule has 0 amide bonds. The van der Waals surface area contributed by atoms with Crippen LogP contribution in [0.25, 0.3) is 163 Å². The smallest absolute Gasteiger partial charge is 0.104 e. The minimum absolute atomic E-state index is 0.417. The van der Waals surface area contributed by atoms with Crippen LogP contribution in [0.1, 0.15) is 11.1 Å². The van der Waals surface area contributed by atoms with E-state index in [1.165, 1.54) is 10.1 Å². The summed E-state index contributed by atoms with van der Waals surface area (Å²) in [5.41, 5.74) is 15.2. The van der Waals surface area contributed by atoms with Crippen molar-refractivity contribution in [2.24, 2.45) is 0 Å². The van der Waals surface area contributed by atoms with Gasteiger partial charge in [0, 0.05) is 58.6 Å². The highest BCUT2D eigenvalue weighted by molar-refractivity contribution is 7.26. The van der Waals surface area contributed by atoms with Crippen molar-refractivity contribution in [2.75, 3.05) is 0 Å². The molecule has 0 aliphatic rings. The van der Waals surface area contributed by atoms with Crippen LogP contribution in [0.5, 0.6) is 0 Å². The lowest BCUT2D eigenvalue weighted by molar-refractivity contribution is 1.03. The molecular weight excluding hydrogens is 1050 g/mol. The van der Waals surface area contributed by atoms with Crippen molar-refractivity contribution in [3.8, 4) is 57.1 Å². The van der Waals surface area contributed by atoms with Gasteiger partial charge in [0.15, 0.2) is 0 Å². The highest BCUT2D eigenvalue weighted by atomic mass is 32.1. The SMILES string of the molecule is N#Cc1c(-n2c3ccccc3c3ccccc32)c(-n2c3ccccc3c3ccccc32)c(C#N)c(-n2c3ccc(-c4c(-c5ccccc5)ccc5ccccc45)cc3c3ccc4c5ccccc5sc4c32)c1-n1c2ccccc2c2ccccc21. The first-order valence-corrected chi connectivity index (χ1v) is 29.4. The molecule has 6 nitrogen and oxygen atoms in total. The highest BCUT2D eigenvalue weighted by Gasteiger charge is 2.35. The van der Waals surface area contributed by atoms with Gasteiger partial charge in [-0.3, -0.25) is 0 Å². The molecule has 0 saturated heterocycles. The van der Waals surface area contributed by atoms with E-state index in [0.29, 0.717) is 33.9 Å². The van der Waals surface area contributed by atoms with Gasteiger partial charge in [0.2, 0.25) is 0 Å². The predicted molar refractivity (Wildman–Crippen MR) is 354 cm³/mol. The lowest BCUT2D eigenvalue weighted by Gasteiger charge is -2.27. The number of benzene rings is 13. The maximum Gasteiger partial charge on any atom is 0.104 e. The Morgan fingerprint density at radius 3 is 1.18 bits per heavy atom. The first-order valence-electron chi connectivity index (χ1n) is 28.6. The molecule has 5 aromatic heterocycles. The lowest BCUT2D eigenvalue weighted by atomic mass is 9.89. The number of rotatable bonds is 6. The zero-order chi connectivity index (χ0) is 56.0. The molecule has 0 spiro atoms. The van der Waals surface area contributed by atoms with Crippen molar-refractivity contribution in [1.29, 1.82) is 10.5 Å². The van der Waals surface area contributed by atoms with Crippen molar-refractivity contribution in [3.05, 3.63) is 278 Å². The molecule has 18 aromatic rings. The van der Waals surface area contributed by atoms with Gasteiger partial charge in [-0.2, -0.15) is 10.5 Å². The number of hydrogen-bond acceptors (Lipinski definition) is 3. The fourth-order valence-corrected chi connectivity index (χ4v) is 15.6. The number of hydrogen-bond donors (Lipinski definition) is 0. The minimum atomic E-state index is 0.417. The molecule has 5 heterocycles. The summed E-state index contributed by atoms with van der Waals surface area (Å²) in [6.45, 7) is 0. The van der Waals surface area contributed by atoms with Crippen LogP contribution in [0.3, 0.4) is 0 Å². The molecule has 0 saturated carbocycles. The van der Waals surface area contributed by atoms with Crippen LogP contribution in [-0.2, 0) is 0 Å². The van der Waals surface area contributed by atoms with E-state index >= 15 is 0 Å². The van der Waals surface area contributed by atoms with Crippen LogP contribution in [0, 0.1) is 22.7 Å². The van der Waals surface area contributed by atoms with Crippen LogP contribution < -0.4 is 0 Å². The molecule has 0 fully saturated rings. The largest absolute Gasteiger partial charge is 0.306 e. The zero-order valence-electron chi connectivity index (χ0n) is 45.5. The van der Waals surface area contributed by atoms with Crippen LogP contribution in [-0.4, -0.2) is 18.3 Å². The third-order valence-electron chi connectivity index (χ3n) is 17.8. The average Bonchev–Trinajstić information content (AvgIpc) is 1.88. The second kappa shape index (κ2) is 18.0. The molecule has 13 aromatic carbocycles. The predicted octanol–water partition coefficient (Wildman–Crippen LogP) is 20.7. The third kappa shape index (κ3) is 6.50. The molecule has 0 unspecified atom stereocenters. The molecule has 392 valence electrons. The first-order chi connectivity index (χ1) is 42.2. The molecule has 0 bridgehead atoms. The Kier molecular flexibility index (Phi) is 10.00. The van der Waals surface area contributed by atoms with Gasteiger partial charge in [-0.1, -0.05) is 212 Å². The Morgan fingerprint density at radius 1 is 0.282 bits per heavy atom. The number of fused-ring (bicyclic) bond motifs is 17. The summed E-state index contributed by atoms with van der Waals surface area (Å²) in [5.74, 6) is 0. The fourth-order valence-electron chi connectivity index (χ4n) is 14.4. The van der Waals surface area contributed by atoms with Gasteiger partial charge >= 0.3 is 0 Å². The van der Waals surface area contributed by atoms with Crippen LogP contribution >= 0.6 is 11.3 Å². The topological polar surface area (TPSA) is 67.3 Å². The van der Waals surface area contributed by atoms with Gasteiger partial charge in [0.05, 0.1) is 71.6 Å². The highest BCUT2D eigenvalue weighted by Crippen LogP contribution is 2.51. The lowest BCUT2D eigenvalue weighted by Crippen LogP contribution is -2.16. The van der Waals surface area contributed by atoms with Crippen molar-refractivity contribution in [3.63, 3.8) is 0 Å². The summed E-state index contributed by atoms with van der Waals surface area (Å²) in [6, 6.07) is 101. The summed E-state index contributed by atoms with van der Waals surface area (Å²) in [7, 11) is 0. The van der Waals surface area contributed by atoms with Gasteiger partial charge < -0.3 is 18.3 Å². The second-order valence-corrected chi connectivity index (χ2v) is 23.1. The van der Waals surface area contributed by atoms with Crippen molar-refractivity contribution in [2.45, 2.75) is 0 Å². The van der Waals surface area contributed by atoms with Crippen molar-refractivity contribution < 1.29 is 0 Å². The van der Waals surface area contributed by atoms with Crippen LogP contribution in [0.4, 0.5) is 0 Å². The summed E-state index contributed by atoms with van der Waals surface area (Å²) in [6.07, 6.45) is 0. The molecular formula is C78H44N6S. The van der Waals surface area contributed by atoms with Crippen LogP contribution in [0.15, 0.2) is 267 Å². The quantitative estimate of drug-likeness (QED) is 0.166. The summed E-state index contributed by atoms with van der Waals surface area (Å²) in [5, 5.41) is 38.9. The van der Waals surface area contributed by atoms with E-state index in [2.05, 4.69) is 297 Å². The van der Waals surface area contributed by atoms with Gasteiger partial charge in [-0.05, 0) is 87.6 Å². The second-order valence-electron chi connectivity index (χ2n) is 22.1. The Labute approximate surface area is 490 Å². The summed E-state index contributed by atoms with van der Waals surface area (Å²) >= 11 is 1.77. The monoisotopic (exact) mass is 1100 g/mol. The normalized spacial score (nSPS) is 12.0. The standard InChI is InChI=1S/C78H44N6S/c79-45-62-73(81-64-31-13-6-24-52(64)53-25-7-14-32-65(53)81)74(82-66-33-15-8-26-54(66)55-27-9-16-34-67(55)82)63(46-80)76(75(62)83-68-35-17-10-28-56(68)57-29-11-18-36-69(57)83)84-70-43-39-49(72-50-23-5-4-22-48(50)38-40-51(72)47-20-2-1-3-21-47)44-61(70)59-41-42-60-58-30-12-19-37-71(58)85-78(60)77(59)84/h1-44H. The van der Waals surface area contributed by atoms with Gasteiger partial charge in [0.1, 0.15) is 23.3 Å². The number of aromatic nitrogens is 4. The van der Waals surface area contributed by atoms with E-state index in [1.54, 1.807) is 11.3 Å². The van der Waals surface area contributed by atoms with Gasteiger partial charge in [-0.25, -0.2) is 0 Å². The molecule has 85 heavy (non-hydrogen) atoms. The average molecular weight is 1100 g/mol. The molecule has 18 rings (SSSR count). The molecule has 0 N–H and O–H groups in total. The summed E-state index contributed by atoms with van der Waals surface area (Å²) < 4.78 is 11.5. The maximum atomic E-state index is 13.0. The fraction of sp³-hybridized carbons (Fsp3) is 0. The summed E-state index contributed by atoms with van der Waals surface area (Å²) in [4.78, 5) is 0.